The zero-order valence-electron chi connectivity index (χ0n) is 24.5. The van der Waals surface area contributed by atoms with Crippen LogP contribution in [0.25, 0.3) is 17.7 Å². The summed E-state index contributed by atoms with van der Waals surface area (Å²) in [4.78, 5) is 2.63. The third kappa shape index (κ3) is 8.94. The first kappa shape index (κ1) is 29.4. The Morgan fingerprint density at radius 2 is 1.21 bits per heavy atom. The Hall–Kier alpha value is -2.63. The van der Waals surface area contributed by atoms with E-state index < -0.39 is 0 Å². The number of benzene rings is 2. The molecule has 1 atom stereocenters. The van der Waals surface area contributed by atoms with Crippen LogP contribution in [0.3, 0.4) is 0 Å². The van der Waals surface area contributed by atoms with Crippen molar-refractivity contribution < 1.29 is 0 Å². The first-order chi connectivity index (χ1) is 19.3. The van der Waals surface area contributed by atoms with Crippen molar-refractivity contribution in [2.45, 2.75) is 103 Å². The Balaban J connectivity index is 1.19. The third-order valence-corrected chi connectivity index (χ3v) is 8.83. The average molecular weight is 523 g/mol. The van der Waals surface area contributed by atoms with Gasteiger partial charge in [0.25, 0.3) is 0 Å². The Kier molecular flexibility index (Phi) is 12.4. The van der Waals surface area contributed by atoms with E-state index >= 15 is 0 Å². The number of hydrogen-bond acceptors (Lipinski definition) is 2. The molecular formula is C37H50N2. The van der Waals surface area contributed by atoms with Crippen LogP contribution in [0.15, 0.2) is 54.1 Å². The predicted molar refractivity (Wildman–Crippen MR) is 168 cm³/mol. The second-order valence-electron chi connectivity index (χ2n) is 11.8. The summed E-state index contributed by atoms with van der Waals surface area (Å²) in [6.45, 7) is 5.68. The Labute approximate surface area is 238 Å². The fourth-order valence-electron chi connectivity index (χ4n) is 6.46. The molecule has 2 aromatic rings. The van der Waals surface area contributed by atoms with Crippen LogP contribution in [0, 0.1) is 17.2 Å². The smallest absolute Gasteiger partial charge is 0.0655 e. The first-order valence-corrected chi connectivity index (χ1v) is 16.0. The van der Waals surface area contributed by atoms with Gasteiger partial charge in [-0.3, -0.25) is 0 Å². The van der Waals surface area contributed by atoms with Crippen molar-refractivity contribution in [3.63, 3.8) is 0 Å². The molecule has 1 fully saturated rings. The van der Waals surface area contributed by atoms with E-state index in [0.717, 1.165) is 51.7 Å². The van der Waals surface area contributed by atoms with Crippen LogP contribution >= 0.6 is 0 Å². The van der Waals surface area contributed by atoms with Crippen LogP contribution in [0.1, 0.15) is 125 Å². The summed E-state index contributed by atoms with van der Waals surface area (Å²) in [5.74, 6) is 0.244. The molecule has 0 saturated carbocycles. The van der Waals surface area contributed by atoms with E-state index in [1.807, 2.05) is 0 Å². The molecule has 208 valence electrons. The molecule has 1 aliphatic carbocycles. The number of fused-ring (bicyclic) bond motifs is 2. The molecule has 2 aromatic carbocycles. The summed E-state index contributed by atoms with van der Waals surface area (Å²) in [7, 11) is 0. The van der Waals surface area contributed by atoms with Crippen molar-refractivity contribution in [3.8, 4) is 6.07 Å². The predicted octanol–water partition coefficient (Wildman–Crippen LogP) is 10.3. The average Bonchev–Trinajstić information content (AvgIpc) is 3.14. The van der Waals surface area contributed by atoms with Crippen LogP contribution in [-0.2, 0) is 0 Å². The van der Waals surface area contributed by atoms with Crippen molar-refractivity contribution in [3.05, 3.63) is 76.4 Å². The van der Waals surface area contributed by atoms with Gasteiger partial charge in [0.2, 0.25) is 0 Å². The van der Waals surface area contributed by atoms with E-state index in [9.17, 15) is 5.26 Å². The Morgan fingerprint density at radius 3 is 1.77 bits per heavy atom. The quantitative estimate of drug-likeness (QED) is 0.186. The Bertz CT molecular complexity index is 1060. The fraction of sp³-hybridized carbons (Fsp3) is 0.541. The maximum absolute atomic E-state index is 9.69. The van der Waals surface area contributed by atoms with Gasteiger partial charge in [-0.2, -0.15) is 5.26 Å². The molecule has 1 unspecified atom stereocenters. The summed E-state index contributed by atoms with van der Waals surface area (Å²) in [6, 6.07) is 20.4. The van der Waals surface area contributed by atoms with E-state index in [1.54, 1.807) is 5.57 Å². The molecule has 2 nitrogen and oxygen atoms in total. The van der Waals surface area contributed by atoms with Crippen LogP contribution in [0.5, 0.6) is 0 Å². The van der Waals surface area contributed by atoms with Gasteiger partial charge in [-0.15, -0.1) is 0 Å². The molecule has 0 spiro atoms. The number of likely N-dealkylation sites (tertiary alicyclic amines) is 1. The fourth-order valence-corrected chi connectivity index (χ4v) is 6.46. The van der Waals surface area contributed by atoms with Crippen LogP contribution in [-0.4, -0.2) is 24.5 Å². The zero-order chi connectivity index (χ0) is 27.1. The van der Waals surface area contributed by atoms with Crippen molar-refractivity contribution in [1.82, 2.24) is 4.90 Å². The monoisotopic (exact) mass is 522 g/mol. The van der Waals surface area contributed by atoms with E-state index in [4.69, 9.17) is 0 Å². The molecule has 0 aromatic heterocycles. The molecule has 0 bridgehead atoms. The number of unbranched alkanes of at least 4 members (excludes halogenated alkanes) is 9. The van der Waals surface area contributed by atoms with Crippen molar-refractivity contribution >= 4 is 17.7 Å². The van der Waals surface area contributed by atoms with Gasteiger partial charge in [-0.05, 0) is 66.5 Å². The van der Waals surface area contributed by atoms with Crippen LogP contribution in [0.2, 0.25) is 0 Å². The molecule has 0 N–H and O–H groups in total. The summed E-state index contributed by atoms with van der Waals surface area (Å²) in [5, 5.41) is 9.69. The summed E-state index contributed by atoms with van der Waals surface area (Å²) in [5.41, 5.74) is 8.47. The molecule has 4 rings (SSSR count). The lowest BCUT2D eigenvalue weighted by Gasteiger charge is -2.30. The van der Waals surface area contributed by atoms with Crippen molar-refractivity contribution in [1.29, 1.82) is 5.26 Å². The van der Waals surface area contributed by atoms with Gasteiger partial charge in [-0.1, -0.05) is 137 Å². The van der Waals surface area contributed by atoms with E-state index in [0.29, 0.717) is 0 Å². The van der Waals surface area contributed by atoms with Crippen molar-refractivity contribution in [2.24, 2.45) is 5.92 Å². The highest BCUT2D eigenvalue weighted by atomic mass is 15.1. The third-order valence-electron chi connectivity index (χ3n) is 8.83. The first-order valence-electron chi connectivity index (χ1n) is 16.0. The van der Waals surface area contributed by atoms with Crippen molar-refractivity contribution in [2.75, 3.05) is 19.6 Å². The normalized spacial score (nSPS) is 15.9. The van der Waals surface area contributed by atoms with Gasteiger partial charge in [0.1, 0.15) is 0 Å². The summed E-state index contributed by atoms with van der Waals surface area (Å²) in [6.07, 6.45) is 23.8. The van der Waals surface area contributed by atoms with Gasteiger partial charge in [-0.25, -0.2) is 0 Å². The summed E-state index contributed by atoms with van der Waals surface area (Å²) < 4.78 is 0. The Morgan fingerprint density at radius 1 is 0.692 bits per heavy atom. The maximum Gasteiger partial charge on any atom is 0.0655 e. The number of rotatable bonds is 15. The molecule has 2 aliphatic rings. The second kappa shape index (κ2) is 16.5. The second-order valence-corrected chi connectivity index (χ2v) is 11.8. The minimum atomic E-state index is 0.244. The van der Waals surface area contributed by atoms with E-state index in [1.165, 1.54) is 92.0 Å². The number of nitriles is 1. The SMILES string of the molecule is CCCCCCCCCCCCC(C#N)CCCN1CCC(=C2c3ccccc3C=Cc3ccccc32)CC1. The standard InChI is InChI=1S/C37H50N2/c1-2-3-4-5-6-7-8-9-10-11-17-31(30-38)18-16-27-39-28-25-34(26-29-39)37-35-21-14-12-19-32(35)23-24-33-20-13-15-22-36(33)37/h12-15,19-24,31H,2-11,16-18,25-29H2,1H3. The molecule has 39 heavy (non-hydrogen) atoms. The zero-order valence-corrected chi connectivity index (χ0v) is 24.5. The number of piperidine rings is 1. The summed E-state index contributed by atoms with van der Waals surface area (Å²) >= 11 is 0. The van der Waals surface area contributed by atoms with E-state index in [-0.39, 0.29) is 5.92 Å². The topological polar surface area (TPSA) is 27.0 Å². The highest BCUT2D eigenvalue weighted by Crippen LogP contribution is 2.38. The lowest BCUT2D eigenvalue weighted by atomic mass is 9.86. The van der Waals surface area contributed by atoms with Gasteiger partial charge < -0.3 is 4.90 Å². The van der Waals surface area contributed by atoms with Crippen LogP contribution in [0.4, 0.5) is 0 Å². The molecule has 2 heteroatoms. The molecule has 1 aliphatic heterocycles. The highest BCUT2D eigenvalue weighted by Gasteiger charge is 2.22. The molecule has 1 saturated heterocycles. The minimum Gasteiger partial charge on any atom is -0.303 e. The molecule has 0 amide bonds. The maximum atomic E-state index is 9.69. The van der Waals surface area contributed by atoms with Crippen LogP contribution < -0.4 is 0 Å². The molecule has 1 heterocycles. The van der Waals surface area contributed by atoms with E-state index in [2.05, 4.69) is 78.6 Å². The van der Waals surface area contributed by atoms with Gasteiger partial charge in [0, 0.05) is 19.0 Å². The van der Waals surface area contributed by atoms with Gasteiger partial charge in [0.15, 0.2) is 0 Å². The lowest BCUT2D eigenvalue weighted by Crippen LogP contribution is -2.32. The van der Waals surface area contributed by atoms with Gasteiger partial charge in [0.05, 0.1) is 6.07 Å². The highest BCUT2D eigenvalue weighted by molar-refractivity contribution is 5.94. The largest absolute Gasteiger partial charge is 0.303 e. The molecular weight excluding hydrogens is 472 g/mol. The number of hydrogen-bond donors (Lipinski definition) is 0. The van der Waals surface area contributed by atoms with Gasteiger partial charge >= 0.3 is 0 Å². The number of nitrogens with zero attached hydrogens (tertiary/aromatic N) is 2. The minimum absolute atomic E-state index is 0.244. The molecule has 0 radical (unpaired) electrons. The lowest BCUT2D eigenvalue weighted by molar-refractivity contribution is 0.247.